The van der Waals surface area contributed by atoms with E-state index in [0.717, 1.165) is 36.7 Å². The molecule has 0 aliphatic carbocycles. The monoisotopic (exact) mass is 361 g/mol. The van der Waals surface area contributed by atoms with Crippen LogP contribution in [0.2, 0.25) is 0 Å². The minimum absolute atomic E-state index is 0. The van der Waals surface area contributed by atoms with Gasteiger partial charge in [0.15, 0.2) is 0 Å². The maximum Gasteiger partial charge on any atom is 0.263 e. The van der Waals surface area contributed by atoms with E-state index < -0.39 is 10.0 Å². The first-order chi connectivity index (χ1) is 10.0. The molecule has 0 bridgehead atoms. The van der Waals surface area contributed by atoms with Gasteiger partial charge in [0, 0.05) is 36.4 Å². The fourth-order valence-corrected chi connectivity index (χ4v) is 3.91. The molecular formula is C12H16ClN5O2S2. The summed E-state index contributed by atoms with van der Waals surface area (Å²) in [6.45, 7) is 1.70. The van der Waals surface area contributed by atoms with Gasteiger partial charge in [-0.15, -0.1) is 12.4 Å². The first kappa shape index (κ1) is 16.9. The first-order valence-electron chi connectivity index (χ1n) is 6.45. The average molecular weight is 362 g/mol. The summed E-state index contributed by atoms with van der Waals surface area (Å²) in [5.41, 5.74) is 6.86. The van der Waals surface area contributed by atoms with E-state index in [9.17, 15) is 8.42 Å². The normalized spacial score (nSPS) is 18.0. The molecule has 0 amide bonds. The van der Waals surface area contributed by atoms with E-state index in [4.69, 9.17) is 5.73 Å². The molecule has 0 saturated carbocycles. The van der Waals surface area contributed by atoms with E-state index in [0.29, 0.717) is 0 Å². The Morgan fingerprint density at radius 3 is 2.59 bits per heavy atom. The zero-order chi connectivity index (χ0) is 14.9. The van der Waals surface area contributed by atoms with Crippen molar-refractivity contribution in [2.24, 2.45) is 5.73 Å². The van der Waals surface area contributed by atoms with Crippen LogP contribution < -0.4 is 15.4 Å². The van der Waals surface area contributed by atoms with Crippen molar-refractivity contribution in [3.63, 3.8) is 0 Å². The Morgan fingerprint density at radius 2 is 2.05 bits per heavy atom. The van der Waals surface area contributed by atoms with Crippen molar-refractivity contribution in [1.82, 2.24) is 9.36 Å². The Balaban J connectivity index is 0.00000176. The molecule has 1 aromatic heterocycles. The number of sulfonamides is 1. The van der Waals surface area contributed by atoms with Gasteiger partial charge >= 0.3 is 0 Å². The van der Waals surface area contributed by atoms with Crippen LogP contribution in [0.15, 0.2) is 35.5 Å². The Morgan fingerprint density at radius 1 is 1.32 bits per heavy atom. The van der Waals surface area contributed by atoms with Crippen LogP contribution in [0.1, 0.15) is 6.42 Å². The van der Waals surface area contributed by atoms with Crippen molar-refractivity contribution in [1.29, 1.82) is 0 Å². The predicted molar refractivity (Wildman–Crippen MR) is 89.2 cm³/mol. The highest BCUT2D eigenvalue weighted by atomic mass is 35.5. The lowest BCUT2D eigenvalue weighted by atomic mass is 10.3. The maximum atomic E-state index is 12.2. The van der Waals surface area contributed by atoms with Gasteiger partial charge in [-0.1, -0.05) is 0 Å². The molecule has 120 valence electrons. The summed E-state index contributed by atoms with van der Waals surface area (Å²) < 4.78 is 30.5. The SMILES string of the molecule is Cl.N[C@@H]1CCN(c2ccc(S(=O)(=O)Nc3ncns3)cc2)C1. The van der Waals surface area contributed by atoms with Crippen LogP contribution >= 0.6 is 23.9 Å². The highest BCUT2D eigenvalue weighted by molar-refractivity contribution is 7.93. The molecule has 1 aromatic carbocycles. The number of nitrogens with one attached hydrogen (secondary N) is 1. The highest BCUT2D eigenvalue weighted by Crippen LogP contribution is 2.23. The van der Waals surface area contributed by atoms with Crippen LogP contribution in [0, 0.1) is 0 Å². The molecule has 1 aliphatic heterocycles. The molecule has 10 heteroatoms. The minimum Gasteiger partial charge on any atom is -0.370 e. The van der Waals surface area contributed by atoms with Crippen LogP contribution in [-0.2, 0) is 10.0 Å². The van der Waals surface area contributed by atoms with E-state index in [1.807, 2.05) is 0 Å². The Kier molecular flexibility index (Phi) is 5.22. The zero-order valence-corrected chi connectivity index (χ0v) is 14.0. The van der Waals surface area contributed by atoms with Gasteiger partial charge in [-0.25, -0.2) is 13.4 Å². The van der Waals surface area contributed by atoms with Gasteiger partial charge in [0.25, 0.3) is 10.0 Å². The molecule has 2 heterocycles. The van der Waals surface area contributed by atoms with Crippen molar-refractivity contribution in [2.75, 3.05) is 22.7 Å². The van der Waals surface area contributed by atoms with Crippen LogP contribution in [0.3, 0.4) is 0 Å². The van der Waals surface area contributed by atoms with Crippen molar-refractivity contribution in [3.05, 3.63) is 30.6 Å². The molecule has 0 unspecified atom stereocenters. The lowest BCUT2D eigenvalue weighted by molar-refractivity contribution is 0.601. The molecule has 22 heavy (non-hydrogen) atoms. The van der Waals surface area contributed by atoms with Gasteiger partial charge < -0.3 is 10.6 Å². The second-order valence-corrected chi connectivity index (χ2v) is 7.30. The quantitative estimate of drug-likeness (QED) is 0.851. The van der Waals surface area contributed by atoms with Crippen molar-refractivity contribution >= 4 is 44.8 Å². The number of hydrogen-bond acceptors (Lipinski definition) is 7. The summed E-state index contributed by atoms with van der Waals surface area (Å²) in [6, 6.07) is 6.96. The van der Waals surface area contributed by atoms with E-state index in [2.05, 4.69) is 19.0 Å². The largest absolute Gasteiger partial charge is 0.370 e. The number of nitrogens with two attached hydrogens (primary N) is 1. The summed E-state index contributed by atoms with van der Waals surface area (Å²) in [6.07, 6.45) is 2.26. The second kappa shape index (κ2) is 6.78. The van der Waals surface area contributed by atoms with Crippen LogP contribution in [0.4, 0.5) is 10.8 Å². The second-order valence-electron chi connectivity index (χ2n) is 4.84. The van der Waals surface area contributed by atoms with Crippen molar-refractivity contribution in [2.45, 2.75) is 17.4 Å². The highest BCUT2D eigenvalue weighted by Gasteiger charge is 2.20. The Labute approximate surface area is 139 Å². The number of hydrogen-bond donors (Lipinski definition) is 2. The number of nitrogens with zero attached hydrogens (tertiary/aromatic N) is 3. The fourth-order valence-electron chi connectivity index (χ4n) is 2.25. The molecule has 1 aliphatic rings. The number of anilines is 2. The predicted octanol–water partition coefficient (Wildman–Crippen LogP) is 1.30. The van der Waals surface area contributed by atoms with Gasteiger partial charge in [0.2, 0.25) is 5.13 Å². The van der Waals surface area contributed by atoms with Gasteiger partial charge in [0.05, 0.1) is 4.90 Å². The molecular weight excluding hydrogens is 346 g/mol. The van der Waals surface area contributed by atoms with Crippen LogP contribution in [-0.4, -0.2) is 36.9 Å². The maximum absolute atomic E-state index is 12.2. The molecule has 7 nitrogen and oxygen atoms in total. The van der Waals surface area contributed by atoms with Gasteiger partial charge in [0.1, 0.15) is 6.33 Å². The third-order valence-electron chi connectivity index (χ3n) is 3.32. The van der Waals surface area contributed by atoms with Crippen molar-refractivity contribution in [3.8, 4) is 0 Å². The average Bonchev–Trinajstić information content (AvgIpc) is 3.10. The number of benzene rings is 1. The van der Waals surface area contributed by atoms with Gasteiger partial charge in [-0.05, 0) is 30.7 Å². The topological polar surface area (TPSA) is 101 Å². The van der Waals surface area contributed by atoms with Crippen molar-refractivity contribution < 1.29 is 8.42 Å². The molecule has 3 N–H and O–H groups in total. The summed E-state index contributed by atoms with van der Waals surface area (Å²) >= 11 is 0.995. The standard InChI is InChI=1S/C12H15N5O2S2.ClH/c13-9-5-6-17(7-9)10-1-3-11(4-2-10)21(18,19)16-12-14-8-15-20-12;/h1-4,8-9H,5-7,13H2,(H,14,15,16);1H/t9-;/m1./s1. The number of rotatable bonds is 4. The van der Waals surface area contributed by atoms with Gasteiger partial charge in [-0.2, -0.15) is 4.37 Å². The molecule has 0 spiro atoms. The van der Waals surface area contributed by atoms with Crippen LogP contribution in [0.5, 0.6) is 0 Å². The Hall–Kier alpha value is -1.42. The minimum atomic E-state index is -3.62. The number of halogens is 1. The Bertz CT molecular complexity index is 706. The number of aromatic nitrogens is 2. The lowest BCUT2D eigenvalue weighted by Crippen LogP contribution is -2.26. The molecule has 3 rings (SSSR count). The first-order valence-corrected chi connectivity index (χ1v) is 8.70. The lowest BCUT2D eigenvalue weighted by Gasteiger charge is -2.18. The molecule has 1 atom stereocenters. The van der Waals surface area contributed by atoms with E-state index >= 15 is 0 Å². The third kappa shape index (κ3) is 3.67. The molecule has 0 radical (unpaired) electrons. The van der Waals surface area contributed by atoms with Gasteiger partial charge in [-0.3, -0.25) is 4.72 Å². The summed E-state index contributed by atoms with van der Waals surface area (Å²) in [5, 5.41) is 0.254. The molecule has 1 fully saturated rings. The van der Waals surface area contributed by atoms with E-state index in [1.54, 1.807) is 24.3 Å². The molecule has 1 saturated heterocycles. The van der Waals surface area contributed by atoms with E-state index in [1.165, 1.54) is 6.33 Å². The smallest absolute Gasteiger partial charge is 0.263 e. The van der Waals surface area contributed by atoms with Crippen LogP contribution in [0.25, 0.3) is 0 Å². The zero-order valence-electron chi connectivity index (χ0n) is 11.5. The molecule has 2 aromatic rings. The van der Waals surface area contributed by atoms with E-state index in [-0.39, 0.29) is 28.5 Å². The summed E-state index contributed by atoms with van der Waals surface area (Å²) in [5.74, 6) is 0. The fraction of sp³-hybridized carbons (Fsp3) is 0.333. The third-order valence-corrected chi connectivity index (χ3v) is 5.38. The summed E-state index contributed by atoms with van der Waals surface area (Å²) in [4.78, 5) is 6.16. The summed E-state index contributed by atoms with van der Waals surface area (Å²) in [7, 11) is -3.62.